The van der Waals surface area contributed by atoms with Gasteiger partial charge in [-0.2, -0.15) is 5.10 Å². The Morgan fingerprint density at radius 1 is 1.59 bits per heavy atom. The maximum Gasteiger partial charge on any atom is 0.0860 e. The molecule has 1 heterocycles. The summed E-state index contributed by atoms with van der Waals surface area (Å²) < 4.78 is 12.6. The molecular formula is C11H21N3O2S. The Kier molecular flexibility index (Phi) is 6.39. The van der Waals surface area contributed by atoms with Crippen molar-refractivity contribution in [2.45, 2.75) is 32.0 Å². The second-order valence-corrected chi connectivity index (χ2v) is 5.81. The summed E-state index contributed by atoms with van der Waals surface area (Å²) in [4.78, 5) is 0. The molecule has 0 aliphatic heterocycles. The van der Waals surface area contributed by atoms with Gasteiger partial charge in [-0.15, -0.1) is 0 Å². The van der Waals surface area contributed by atoms with Gasteiger partial charge >= 0.3 is 0 Å². The number of hydrogen-bond donors (Lipinski definition) is 2. The minimum atomic E-state index is -0.743. The van der Waals surface area contributed by atoms with Gasteiger partial charge in [0.05, 0.1) is 12.6 Å². The van der Waals surface area contributed by atoms with Gasteiger partial charge in [0, 0.05) is 47.8 Å². The lowest BCUT2D eigenvalue weighted by Gasteiger charge is -2.16. The van der Waals surface area contributed by atoms with Crippen molar-refractivity contribution in [1.82, 2.24) is 15.1 Å². The van der Waals surface area contributed by atoms with Gasteiger partial charge in [-0.3, -0.25) is 8.89 Å². The van der Waals surface area contributed by atoms with E-state index in [1.54, 1.807) is 17.1 Å². The molecule has 0 saturated heterocycles. The van der Waals surface area contributed by atoms with Crippen LogP contribution < -0.4 is 5.32 Å². The zero-order valence-electron chi connectivity index (χ0n) is 10.4. The second-order valence-electron chi connectivity index (χ2n) is 4.26. The third kappa shape index (κ3) is 6.55. The van der Waals surface area contributed by atoms with Crippen molar-refractivity contribution in [1.29, 1.82) is 0 Å². The summed E-state index contributed by atoms with van der Waals surface area (Å²) in [7, 11) is -0.743. The fraction of sp³-hybridized carbons (Fsp3) is 0.727. The molecule has 1 rings (SSSR count). The van der Waals surface area contributed by atoms with Crippen LogP contribution in [0.4, 0.5) is 0 Å². The van der Waals surface area contributed by atoms with Gasteiger partial charge in [0.1, 0.15) is 0 Å². The lowest BCUT2D eigenvalue weighted by molar-refractivity contribution is 0.143. The number of aliphatic hydroxyl groups is 1. The highest BCUT2D eigenvalue weighted by Gasteiger charge is 2.08. The van der Waals surface area contributed by atoms with Gasteiger partial charge in [0.25, 0.3) is 0 Å². The highest BCUT2D eigenvalue weighted by Crippen LogP contribution is 1.95. The number of rotatable bonds is 8. The van der Waals surface area contributed by atoms with Gasteiger partial charge in [-0.25, -0.2) is 0 Å². The smallest absolute Gasteiger partial charge is 0.0860 e. The average molecular weight is 259 g/mol. The van der Waals surface area contributed by atoms with Gasteiger partial charge in [0.15, 0.2) is 0 Å². The zero-order valence-corrected chi connectivity index (χ0v) is 11.2. The van der Waals surface area contributed by atoms with Crippen LogP contribution in [0.1, 0.15) is 13.3 Å². The van der Waals surface area contributed by atoms with Crippen LogP contribution in [0.3, 0.4) is 0 Å². The summed E-state index contributed by atoms with van der Waals surface area (Å²) in [5, 5.41) is 17.0. The first kappa shape index (κ1) is 14.3. The first-order chi connectivity index (χ1) is 8.08. The second kappa shape index (κ2) is 7.58. The summed E-state index contributed by atoms with van der Waals surface area (Å²) in [5.74, 6) is 0.698. The molecule has 98 valence electrons. The van der Waals surface area contributed by atoms with Crippen LogP contribution >= 0.6 is 0 Å². The lowest BCUT2D eigenvalue weighted by atomic mass is 10.2. The van der Waals surface area contributed by atoms with E-state index in [2.05, 4.69) is 10.4 Å². The Hall–Kier alpha value is -0.720. The molecule has 0 saturated carbocycles. The van der Waals surface area contributed by atoms with Crippen LogP contribution in [-0.4, -0.2) is 49.8 Å². The normalized spacial score (nSPS) is 16.6. The third-order valence-corrected chi connectivity index (χ3v) is 3.31. The fourth-order valence-electron chi connectivity index (χ4n) is 1.47. The Morgan fingerprint density at radius 3 is 2.94 bits per heavy atom. The zero-order chi connectivity index (χ0) is 12.7. The molecule has 17 heavy (non-hydrogen) atoms. The maximum atomic E-state index is 10.9. The summed E-state index contributed by atoms with van der Waals surface area (Å²) in [5.41, 5.74) is 0. The molecule has 2 N–H and O–H groups in total. The van der Waals surface area contributed by atoms with Gasteiger partial charge < -0.3 is 10.4 Å². The SMILES string of the molecule is CC(CCS(C)=O)NCC(O)Cn1cccn1. The van der Waals surface area contributed by atoms with E-state index in [-0.39, 0.29) is 6.04 Å². The molecule has 0 aliphatic carbocycles. The quantitative estimate of drug-likeness (QED) is 0.689. The number of hydrogen-bond acceptors (Lipinski definition) is 4. The van der Waals surface area contributed by atoms with Crippen LogP contribution in [-0.2, 0) is 17.3 Å². The van der Waals surface area contributed by atoms with E-state index in [1.807, 2.05) is 19.2 Å². The molecule has 0 radical (unpaired) electrons. The highest BCUT2D eigenvalue weighted by molar-refractivity contribution is 7.84. The Morgan fingerprint density at radius 2 is 2.35 bits per heavy atom. The van der Waals surface area contributed by atoms with Crippen molar-refractivity contribution in [2.75, 3.05) is 18.6 Å². The van der Waals surface area contributed by atoms with Crippen molar-refractivity contribution in [3.8, 4) is 0 Å². The lowest BCUT2D eigenvalue weighted by Crippen LogP contribution is -2.36. The third-order valence-electron chi connectivity index (χ3n) is 2.50. The average Bonchev–Trinajstić information content (AvgIpc) is 2.76. The molecule has 0 bridgehead atoms. The van der Waals surface area contributed by atoms with E-state index >= 15 is 0 Å². The molecule has 0 aromatic carbocycles. The number of aromatic nitrogens is 2. The van der Waals surface area contributed by atoms with Gasteiger partial charge in [-0.05, 0) is 19.4 Å². The van der Waals surface area contributed by atoms with Crippen LogP contribution in [0.25, 0.3) is 0 Å². The molecule has 0 amide bonds. The van der Waals surface area contributed by atoms with E-state index < -0.39 is 16.9 Å². The van der Waals surface area contributed by atoms with Crippen LogP contribution in [0.5, 0.6) is 0 Å². The molecule has 3 atom stereocenters. The monoisotopic (exact) mass is 259 g/mol. The van der Waals surface area contributed by atoms with Crippen LogP contribution in [0, 0.1) is 0 Å². The minimum absolute atomic E-state index is 0.270. The summed E-state index contributed by atoms with van der Waals surface area (Å²) in [6, 6.07) is 2.10. The largest absolute Gasteiger partial charge is 0.390 e. The minimum Gasteiger partial charge on any atom is -0.390 e. The van der Waals surface area contributed by atoms with Crippen molar-refractivity contribution >= 4 is 10.8 Å². The molecule has 0 fully saturated rings. The molecule has 0 spiro atoms. The molecule has 5 nitrogen and oxygen atoms in total. The fourth-order valence-corrected chi connectivity index (χ4v) is 2.16. The molecule has 1 aromatic heterocycles. The molecule has 3 unspecified atom stereocenters. The summed E-state index contributed by atoms with van der Waals surface area (Å²) >= 11 is 0. The van der Waals surface area contributed by atoms with E-state index in [1.165, 1.54) is 0 Å². The van der Waals surface area contributed by atoms with Crippen molar-refractivity contribution in [2.24, 2.45) is 0 Å². The van der Waals surface area contributed by atoms with Crippen molar-refractivity contribution in [3.05, 3.63) is 18.5 Å². The van der Waals surface area contributed by atoms with E-state index in [9.17, 15) is 9.32 Å². The Balaban J connectivity index is 2.14. The molecule has 0 aliphatic rings. The Bertz CT molecular complexity index is 329. The van der Waals surface area contributed by atoms with Gasteiger partial charge in [-0.1, -0.05) is 0 Å². The molecular weight excluding hydrogens is 238 g/mol. The van der Waals surface area contributed by atoms with E-state index in [4.69, 9.17) is 0 Å². The highest BCUT2D eigenvalue weighted by atomic mass is 32.2. The predicted octanol–water partition coefficient (Wildman–Crippen LogP) is -0.00930. The topological polar surface area (TPSA) is 67.2 Å². The Labute approximate surface area is 105 Å². The van der Waals surface area contributed by atoms with Crippen molar-refractivity contribution in [3.63, 3.8) is 0 Å². The maximum absolute atomic E-state index is 10.9. The predicted molar refractivity (Wildman–Crippen MR) is 69.2 cm³/mol. The van der Waals surface area contributed by atoms with Crippen LogP contribution in [0.2, 0.25) is 0 Å². The number of aliphatic hydroxyl groups excluding tert-OH is 1. The van der Waals surface area contributed by atoms with E-state index in [0.29, 0.717) is 18.8 Å². The number of nitrogens with one attached hydrogen (secondary N) is 1. The molecule has 6 heteroatoms. The molecule has 1 aromatic rings. The van der Waals surface area contributed by atoms with E-state index in [0.717, 1.165) is 6.42 Å². The first-order valence-electron chi connectivity index (χ1n) is 5.77. The summed E-state index contributed by atoms with van der Waals surface area (Å²) in [6.45, 7) is 3.05. The standard InChI is InChI=1S/C11H21N3O2S/c1-10(4-7-17(2)16)12-8-11(15)9-14-6-3-5-13-14/h3,5-6,10-12,15H,4,7-9H2,1-2H3. The number of nitrogens with zero attached hydrogens (tertiary/aromatic N) is 2. The first-order valence-corrected chi connectivity index (χ1v) is 7.49. The van der Waals surface area contributed by atoms with Gasteiger partial charge in [0.2, 0.25) is 0 Å². The summed E-state index contributed by atoms with van der Waals surface area (Å²) in [6.07, 6.45) is 5.63. The van der Waals surface area contributed by atoms with Crippen LogP contribution in [0.15, 0.2) is 18.5 Å². The van der Waals surface area contributed by atoms with Crippen molar-refractivity contribution < 1.29 is 9.32 Å².